The van der Waals surface area contributed by atoms with Gasteiger partial charge < -0.3 is 15.3 Å². The fourth-order valence-corrected chi connectivity index (χ4v) is 2.54. The SMILES string of the molecule is CN(CC1(O)CCNC1)C(=O)C1CC1(C)C. The Morgan fingerprint density at radius 2 is 2.19 bits per heavy atom. The lowest BCUT2D eigenvalue weighted by Gasteiger charge is -2.28. The van der Waals surface area contributed by atoms with Crippen LogP contribution >= 0.6 is 0 Å². The van der Waals surface area contributed by atoms with Gasteiger partial charge in [0.15, 0.2) is 0 Å². The van der Waals surface area contributed by atoms with E-state index in [-0.39, 0.29) is 17.2 Å². The highest BCUT2D eigenvalue weighted by molar-refractivity contribution is 5.82. The third-order valence-corrected chi connectivity index (χ3v) is 3.94. The number of rotatable bonds is 3. The highest BCUT2D eigenvalue weighted by Crippen LogP contribution is 2.52. The molecule has 2 rings (SSSR count). The van der Waals surface area contributed by atoms with Crippen molar-refractivity contribution < 1.29 is 9.90 Å². The molecular formula is C12H22N2O2. The van der Waals surface area contributed by atoms with Crippen LogP contribution in [0.4, 0.5) is 0 Å². The van der Waals surface area contributed by atoms with Gasteiger partial charge in [-0.05, 0) is 24.8 Å². The van der Waals surface area contributed by atoms with E-state index in [0.717, 1.165) is 19.4 Å². The molecule has 0 spiro atoms. The molecule has 1 heterocycles. The van der Waals surface area contributed by atoms with Gasteiger partial charge in [-0.3, -0.25) is 4.79 Å². The molecule has 2 N–H and O–H groups in total. The van der Waals surface area contributed by atoms with Crippen molar-refractivity contribution in [2.24, 2.45) is 11.3 Å². The lowest BCUT2D eigenvalue weighted by Crippen LogP contribution is -2.46. The Morgan fingerprint density at radius 1 is 1.56 bits per heavy atom. The Hall–Kier alpha value is -0.610. The zero-order valence-corrected chi connectivity index (χ0v) is 10.4. The van der Waals surface area contributed by atoms with Gasteiger partial charge >= 0.3 is 0 Å². The van der Waals surface area contributed by atoms with E-state index in [1.165, 1.54) is 0 Å². The molecule has 0 aromatic rings. The summed E-state index contributed by atoms with van der Waals surface area (Å²) in [5.74, 6) is 0.348. The maximum atomic E-state index is 12.0. The minimum absolute atomic E-state index is 0.162. The van der Waals surface area contributed by atoms with E-state index in [4.69, 9.17) is 0 Å². The normalized spacial score (nSPS) is 36.1. The Morgan fingerprint density at radius 3 is 2.62 bits per heavy atom. The van der Waals surface area contributed by atoms with E-state index in [0.29, 0.717) is 13.1 Å². The first kappa shape index (κ1) is 11.9. The number of hydrogen-bond acceptors (Lipinski definition) is 3. The number of carbonyl (C=O) groups excluding carboxylic acids is 1. The van der Waals surface area contributed by atoms with Crippen LogP contribution in [-0.2, 0) is 4.79 Å². The molecule has 1 saturated carbocycles. The number of likely N-dealkylation sites (N-methyl/N-ethyl adjacent to an activating group) is 1. The van der Waals surface area contributed by atoms with E-state index in [1.54, 1.807) is 11.9 Å². The van der Waals surface area contributed by atoms with E-state index in [2.05, 4.69) is 19.2 Å². The zero-order chi connectivity index (χ0) is 12.0. The van der Waals surface area contributed by atoms with Gasteiger partial charge in [0.25, 0.3) is 0 Å². The van der Waals surface area contributed by atoms with Crippen molar-refractivity contribution in [1.29, 1.82) is 0 Å². The third-order valence-electron chi connectivity index (χ3n) is 3.94. The second kappa shape index (κ2) is 3.70. The van der Waals surface area contributed by atoms with Gasteiger partial charge in [0.1, 0.15) is 0 Å². The Labute approximate surface area is 97.0 Å². The third kappa shape index (κ3) is 2.23. The molecule has 4 nitrogen and oxygen atoms in total. The van der Waals surface area contributed by atoms with Gasteiger partial charge in [0.05, 0.1) is 12.1 Å². The number of nitrogens with one attached hydrogen (secondary N) is 1. The first-order valence-electron chi connectivity index (χ1n) is 6.02. The van der Waals surface area contributed by atoms with Crippen LogP contribution in [-0.4, -0.2) is 48.2 Å². The summed E-state index contributed by atoms with van der Waals surface area (Å²) in [4.78, 5) is 13.7. The minimum atomic E-state index is -0.719. The van der Waals surface area contributed by atoms with Gasteiger partial charge in [-0.25, -0.2) is 0 Å². The summed E-state index contributed by atoms with van der Waals surface area (Å²) < 4.78 is 0. The average molecular weight is 226 g/mol. The topological polar surface area (TPSA) is 52.6 Å². The minimum Gasteiger partial charge on any atom is -0.387 e. The first-order chi connectivity index (χ1) is 7.34. The molecule has 2 unspecified atom stereocenters. The molecule has 1 aliphatic heterocycles. The molecule has 0 bridgehead atoms. The van der Waals surface area contributed by atoms with E-state index in [9.17, 15) is 9.90 Å². The van der Waals surface area contributed by atoms with Gasteiger partial charge in [-0.1, -0.05) is 13.8 Å². The molecule has 2 fully saturated rings. The van der Waals surface area contributed by atoms with Crippen molar-refractivity contribution in [3.8, 4) is 0 Å². The van der Waals surface area contributed by atoms with Crippen molar-refractivity contribution in [2.45, 2.75) is 32.3 Å². The summed E-state index contributed by atoms with van der Waals surface area (Å²) in [7, 11) is 1.80. The molecule has 2 aliphatic rings. The fourth-order valence-electron chi connectivity index (χ4n) is 2.54. The molecule has 0 radical (unpaired) electrons. The summed E-state index contributed by atoms with van der Waals surface area (Å²) in [5.41, 5.74) is -0.550. The molecule has 16 heavy (non-hydrogen) atoms. The smallest absolute Gasteiger partial charge is 0.226 e. The molecular weight excluding hydrogens is 204 g/mol. The van der Waals surface area contributed by atoms with Crippen LogP contribution < -0.4 is 5.32 Å². The highest BCUT2D eigenvalue weighted by atomic mass is 16.3. The first-order valence-corrected chi connectivity index (χ1v) is 6.02. The quantitative estimate of drug-likeness (QED) is 0.723. The summed E-state index contributed by atoms with van der Waals surface area (Å²) in [6.45, 7) is 6.13. The monoisotopic (exact) mass is 226 g/mol. The van der Waals surface area contributed by atoms with Crippen molar-refractivity contribution in [1.82, 2.24) is 10.2 Å². The van der Waals surface area contributed by atoms with Crippen LogP contribution in [0.5, 0.6) is 0 Å². The molecule has 0 aromatic heterocycles. The lowest BCUT2D eigenvalue weighted by atomic mass is 10.0. The van der Waals surface area contributed by atoms with Crippen LogP contribution in [0.2, 0.25) is 0 Å². The molecule has 0 aromatic carbocycles. The van der Waals surface area contributed by atoms with Gasteiger partial charge in [-0.2, -0.15) is 0 Å². The van der Waals surface area contributed by atoms with Crippen LogP contribution in [0, 0.1) is 11.3 Å². The Balaban J connectivity index is 1.88. The molecule has 4 heteroatoms. The summed E-state index contributed by atoms with van der Waals surface area (Å²) >= 11 is 0. The summed E-state index contributed by atoms with van der Waals surface area (Å²) in [6.07, 6.45) is 1.71. The summed E-state index contributed by atoms with van der Waals surface area (Å²) in [6, 6.07) is 0. The van der Waals surface area contributed by atoms with Crippen LogP contribution in [0.1, 0.15) is 26.7 Å². The maximum absolute atomic E-state index is 12.0. The van der Waals surface area contributed by atoms with Gasteiger partial charge in [0.2, 0.25) is 5.91 Å². The van der Waals surface area contributed by atoms with Gasteiger partial charge in [0, 0.05) is 19.5 Å². The molecule has 2 atom stereocenters. The Bertz CT molecular complexity index is 295. The molecule has 1 saturated heterocycles. The van der Waals surface area contributed by atoms with E-state index >= 15 is 0 Å². The Kier molecular flexibility index (Phi) is 2.75. The number of carbonyl (C=O) groups is 1. The van der Waals surface area contributed by atoms with E-state index < -0.39 is 5.60 Å². The predicted octanol–water partition coefficient (Wildman–Crippen LogP) is 0.215. The lowest BCUT2D eigenvalue weighted by molar-refractivity contribution is -0.134. The number of nitrogens with zero attached hydrogens (tertiary/aromatic N) is 1. The predicted molar refractivity (Wildman–Crippen MR) is 62.0 cm³/mol. The average Bonchev–Trinajstić information content (AvgIpc) is 2.60. The number of aliphatic hydroxyl groups is 1. The van der Waals surface area contributed by atoms with Crippen LogP contribution in [0.15, 0.2) is 0 Å². The summed E-state index contributed by atoms with van der Waals surface area (Å²) in [5, 5.41) is 13.3. The van der Waals surface area contributed by atoms with Crippen LogP contribution in [0.3, 0.4) is 0 Å². The zero-order valence-electron chi connectivity index (χ0n) is 10.4. The standard InChI is InChI=1S/C12H22N2O2/c1-11(2)6-9(11)10(15)14(3)8-12(16)4-5-13-7-12/h9,13,16H,4-8H2,1-3H3. The number of hydrogen-bond donors (Lipinski definition) is 2. The van der Waals surface area contributed by atoms with Crippen molar-refractivity contribution in [2.75, 3.05) is 26.7 Å². The second-order valence-corrected chi connectivity index (χ2v) is 6.09. The van der Waals surface area contributed by atoms with Gasteiger partial charge in [-0.15, -0.1) is 0 Å². The largest absolute Gasteiger partial charge is 0.387 e. The van der Waals surface area contributed by atoms with Crippen LogP contribution in [0.25, 0.3) is 0 Å². The van der Waals surface area contributed by atoms with Crippen molar-refractivity contribution >= 4 is 5.91 Å². The number of β-amino-alcohol motifs (C(OH)–C–C–N with tert-alkyl or cyclic N) is 1. The molecule has 92 valence electrons. The fraction of sp³-hybridized carbons (Fsp3) is 0.917. The maximum Gasteiger partial charge on any atom is 0.226 e. The van der Waals surface area contributed by atoms with Crippen molar-refractivity contribution in [3.63, 3.8) is 0 Å². The second-order valence-electron chi connectivity index (χ2n) is 6.09. The molecule has 1 aliphatic carbocycles. The van der Waals surface area contributed by atoms with Crippen molar-refractivity contribution in [3.05, 3.63) is 0 Å². The highest BCUT2D eigenvalue weighted by Gasteiger charge is 2.52. The number of amides is 1. The van der Waals surface area contributed by atoms with E-state index in [1.807, 2.05) is 0 Å². The molecule has 1 amide bonds.